The number of para-hydroxylation sites is 1. The van der Waals surface area contributed by atoms with Gasteiger partial charge in [0, 0.05) is 33.2 Å². The third-order valence-electron chi connectivity index (χ3n) is 9.60. The largest absolute Gasteiger partial charge is 0.309 e. The van der Waals surface area contributed by atoms with Gasteiger partial charge in [0.25, 0.3) is 0 Å². The number of hydrogen-bond donors (Lipinski definition) is 0. The summed E-state index contributed by atoms with van der Waals surface area (Å²) in [6, 6.07) is 60.0. The van der Waals surface area contributed by atoms with Gasteiger partial charge in [0.1, 0.15) is 0 Å². The number of nitrogens with zero attached hydrogens (tertiary/aromatic N) is 4. The van der Waals surface area contributed by atoms with Gasteiger partial charge in [0.05, 0.1) is 11.0 Å². The van der Waals surface area contributed by atoms with E-state index in [-0.39, 0.29) is 0 Å². The molecule has 51 heavy (non-hydrogen) atoms. The van der Waals surface area contributed by atoms with E-state index >= 15 is 0 Å². The summed E-state index contributed by atoms with van der Waals surface area (Å²) < 4.78 is 2.38. The molecule has 0 amide bonds. The lowest BCUT2D eigenvalue weighted by Gasteiger charge is -2.11. The lowest BCUT2D eigenvalue weighted by Crippen LogP contribution is -2.00. The average Bonchev–Trinajstić information content (AvgIpc) is 3.53. The SMILES string of the molecule is Cc1ccc(-c2nc(-c3ccc(C)cc3)nc(-c3cccc(-c4cccc5c4c4cc(-c6ccccc6)ccc4n5-c4ccccc4)c3)n2)cc1. The zero-order chi connectivity index (χ0) is 34.3. The van der Waals surface area contributed by atoms with Crippen molar-refractivity contribution in [2.75, 3.05) is 0 Å². The molecule has 0 aliphatic heterocycles. The van der Waals surface area contributed by atoms with Gasteiger partial charge in [-0.3, -0.25) is 0 Å². The molecule has 0 fully saturated rings. The van der Waals surface area contributed by atoms with E-state index in [0.717, 1.165) is 39.0 Å². The lowest BCUT2D eigenvalue weighted by atomic mass is 9.96. The molecule has 2 heterocycles. The zero-order valence-electron chi connectivity index (χ0n) is 28.5. The molecule has 4 nitrogen and oxygen atoms in total. The van der Waals surface area contributed by atoms with E-state index in [1.54, 1.807) is 0 Å². The Bertz CT molecular complexity index is 2610. The van der Waals surface area contributed by atoms with Crippen LogP contribution in [0.15, 0.2) is 170 Å². The number of hydrogen-bond acceptors (Lipinski definition) is 3. The molecule has 0 aliphatic rings. The maximum absolute atomic E-state index is 5.06. The van der Waals surface area contributed by atoms with Crippen molar-refractivity contribution in [2.45, 2.75) is 13.8 Å². The van der Waals surface area contributed by atoms with Gasteiger partial charge in [-0.15, -0.1) is 0 Å². The van der Waals surface area contributed by atoms with Crippen molar-refractivity contribution < 1.29 is 0 Å². The Kier molecular flexibility index (Phi) is 7.55. The molecule has 0 atom stereocenters. The minimum Gasteiger partial charge on any atom is -0.309 e. The van der Waals surface area contributed by atoms with Crippen molar-refractivity contribution in [1.82, 2.24) is 19.5 Å². The van der Waals surface area contributed by atoms with Crippen LogP contribution in [0.5, 0.6) is 0 Å². The van der Waals surface area contributed by atoms with Crippen LogP contribution in [0.3, 0.4) is 0 Å². The highest BCUT2D eigenvalue weighted by Crippen LogP contribution is 2.41. The standard InChI is InChI=1S/C47H34N4/c1-31-19-23-34(24-20-31)45-48-46(35-25-21-32(2)22-26-35)50-47(49-45)38-14-9-13-37(29-38)40-17-10-18-43-44(40)41-30-36(33-11-5-3-6-12-33)27-28-42(41)51(43)39-15-7-4-8-16-39/h3-30H,1-2H3. The number of aromatic nitrogens is 4. The fraction of sp³-hybridized carbons (Fsp3) is 0.0426. The van der Waals surface area contributed by atoms with Gasteiger partial charge >= 0.3 is 0 Å². The van der Waals surface area contributed by atoms with Gasteiger partial charge in [-0.25, -0.2) is 15.0 Å². The van der Waals surface area contributed by atoms with Crippen molar-refractivity contribution in [1.29, 1.82) is 0 Å². The molecule has 0 aliphatic carbocycles. The summed E-state index contributed by atoms with van der Waals surface area (Å²) in [7, 11) is 0. The maximum Gasteiger partial charge on any atom is 0.164 e. The Balaban J connectivity index is 1.25. The van der Waals surface area contributed by atoms with E-state index in [9.17, 15) is 0 Å². The summed E-state index contributed by atoms with van der Waals surface area (Å²) in [5.74, 6) is 1.95. The van der Waals surface area contributed by atoms with Crippen LogP contribution in [0.1, 0.15) is 11.1 Å². The molecular weight excluding hydrogens is 621 g/mol. The van der Waals surface area contributed by atoms with Gasteiger partial charge in [0.15, 0.2) is 17.5 Å². The molecule has 0 saturated carbocycles. The fourth-order valence-electron chi connectivity index (χ4n) is 6.97. The smallest absolute Gasteiger partial charge is 0.164 e. The highest BCUT2D eigenvalue weighted by molar-refractivity contribution is 6.16. The quantitative estimate of drug-likeness (QED) is 0.179. The van der Waals surface area contributed by atoms with Crippen LogP contribution in [0.25, 0.3) is 83.9 Å². The van der Waals surface area contributed by atoms with Crippen molar-refractivity contribution >= 4 is 21.8 Å². The van der Waals surface area contributed by atoms with E-state index in [2.05, 4.69) is 188 Å². The predicted octanol–water partition coefficient (Wildman–Crippen LogP) is 11.9. The minimum absolute atomic E-state index is 0.642. The molecule has 9 aromatic rings. The summed E-state index contributed by atoms with van der Waals surface area (Å²) in [5.41, 5.74) is 13.3. The van der Waals surface area contributed by atoms with Crippen molar-refractivity contribution in [3.8, 4) is 62.1 Å². The molecule has 4 heteroatoms. The van der Waals surface area contributed by atoms with E-state index in [0.29, 0.717) is 17.5 Å². The highest BCUT2D eigenvalue weighted by atomic mass is 15.0. The van der Waals surface area contributed by atoms with Gasteiger partial charge in [-0.2, -0.15) is 0 Å². The first kappa shape index (κ1) is 30.4. The van der Waals surface area contributed by atoms with Gasteiger partial charge in [-0.1, -0.05) is 145 Å². The van der Waals surface area contributed by atoms with Crippen LogP contribution < -0.4 is 0 Å². The zero-order valence-corrected chi connectivity index (χ0v) is 28.5. The first-order valence-electron chi connectivity index (χ1n) is 17.3. The second-order valence-corrected chi connectivity index (χ2v) is 13.1. The fourth-order valence-corrected chi connectivity index (χ4v) is 6.97. The number of benzene rings is 7. The molecule has 0 saturated heterocycles. The van der Waals surface area contributed by atoms with Gasteiger partial charge in [0.2, 0.25) is 0 Å². The normalized spacial score (nSPS) is 11.3. The van der Waals surface area contributed by atoms with Gasteiger partial charge in [-0.05, 0) is 72.5 Å². The number of aryl methyl sites for hydroxylation is 2. The van der Waals surface area contributed by atoms with E-state index in [1.807, 2.05) is 0 Å². The topological polar surface area (TPSA) is 43.6 Å². The molecule has 2 aromatic heterocycles. The highest BCUT2D eigenvalue weighted by Gasteiger charge is 2.18. The third-order valence-corrected chi connectivity index (χ3v) is 9.60. The molecule has 0 N–H and O–H groups in total. The van der Waals surface area contributed by atoms with Crippen molar-refractivity contribution in [3.63, 3.8) is 0 Å². The molecule has 0 bridgehead atoms. The summed E-state index contributed by atoms with van der Waals surface area (Å²) >= 11 is 0. The first-order valence-corrected chi connectivity index (χ1v) is 17.3. The van der Waals surface area contributed by atoms with Crippen molar-refractivity contribution in [2.24, 2.45) is 0 Å². The van der Waals surface area contributed by atoms with Crippen LogP contribution in [-0.2, 0) is 0 Å². The summed E-state index contributed by atoms with van der Waals surface area (Å²) in [5, 5.41) is 2.42. The molecule has 242 valence electrons. The first-order chi connectivity index (χ1) is 25.1. The lowest BCUT2D eigenvalue weighted by molar-refractivity contribution is 1.07. The van der Waals surface area contributed by atoms with Gasteiger partial charge < -0.3 is 4.57 Å². The molecule has 0 spiro atoms. The summed E-state index contributed by atoms with van der Waals surface area (Å²) in [6.07, 6.45) is 0. The molecular formula is C47H34N4. The Labute approximate surface area is 297 Å². The Morgan fingerprint density at radius 1 is 0.373 bits per heavy atom. The Hall–Kier alpha value is -6.65. The predicted molar refractivity (Wildman–Crippen MR) is 211 cm³/mol. The van der Waals surface area contributed by atoms with Crippen LogP contribution >= 0.6 is 0 Å². The average molecular weight is 655 g/mol. The monoisotopic (exact) mass is 654 g/mol. The van der Waals surface area contributed by atoms with Crippen molar-refractivity contribution in [3.05, 3.63) is 181 Å². The Morgan fingerprint density at radius 3 is 1.55 bits per heavy atom. The summed E-state index contributed by atoms with van der Waals surface area (Å²) in [6.45, 7) is 4.18. The van der Waals surface area contributed by atoms with Crippen LogP contribution in [0.2, 0.25) is 0 Å². The molecule has 7 aromatic carbocycles. The third kappa shape index (κ3) is 5.67. The molecule has 0 radical (unpaired) electrons. The molecule has 0 unspecified atom stereocenters. The summed E-state index contributed by atoms with van der Waals surface area (Å²) in [4.78, 5) is 15.1. The number of rotatable bonds is 6. The molecule has 9 rings (SSSR count). The van der Waals surface area contributed by atoms with Crippen LogP contribution in [0, 0.1) is 13.8 Å². The van der Waals surface area contributed by atoms with E-state index < -0.39 is 0 Å². The second kappa shape index (κ2) is 12.7. The Morgan fingerprint density at radius 2 is 0.902 bits per heavy atom. The van der Waals surface area contributed by atoms with E-state index in [1.165, 1.54) is 38.5 Å². The number of fused-ring (bicyclic) bond motifs is 3. The van der Waals surface area contributed by atoms with Crippen LogP contribution in [-0.4, -0.2) is 19.5 Å². The van der Waals surface area contributed by atoms with E-state index in [4.69, 9.17) is 15.0 Å². The second-order valence-electron chi connectivity index (χ2n) is 13.1. The maximum atomic E-state index is 5.06. The minimum atomic E-state index is 0.642. The van der Waals surface area contributed by atoms with Crippen LogP contribution in [0.4, 0.5) is 0 Å².